The maximum atomic E-state index is 12.0. The van der Waals surface area contributed by atoms with E-state index in [-0.39, 0.29) is 5.91 Å². The van der Waals surface area contributed by atoms with Crippen LogP contribution in [0.2, 0.25) is 0 Å². The van der Waals surface area contributed by atoms with E-state index in [9.17, 15) is 4.79 Å². The lowest BCUT2D eigenvalue weighted by atomic mass is 10.3. The van der Waals surface area contributed by atoms with Crippen molar-refractivity contribution < 1.29 is 9.21 Å². The van der Waals surface area contributed by atoms with Crippen LogP contribution < -0.4 is 10.2 Å². The van der Waals surface area contributed by atoms with E-state index >= 15 is 0 Å². The fourth-order valence-corrected chi connectivity index (χ4v) is 3.82. The number of amides is 1. The third kappa shape index (κ3) is 3.19. The average molecular weight is 339 g/mol. The number of anilines is 2. The number of carbonyl (C=O) groups excluding carboxylic acids is 1. The molecule has 4 rings (SSSR count). The number of hydrogen-bond donors (Lipinski definition) is 1. The van der Waals surface area contributed by atoms with Crippen LogP contribution in [-0.2, 0) is 4.79 Å². The Labute approximate surface area is 143 Å². The van der Waals surface area contributed by atoms with E-state index in [4.69, 9.17) is 9.40 Å². The van der Waals surface area contributed by atoms with Crippen molar-refractivity contribution >= 4 is 44.4 Å². The number of rotatable bonds is 4. The Morgan fingerprint density at radius 1 is 1.29 bits per heavy atom. The Bertz CT molecular complexity index is 877. The lowest BCUT2D eigenvalue weighted by molar-refractivity contribution is -0.111. The summed E-state index contributed by atoms with van der Waals surface area (Å²) in [5, 5.41) is 3.95. The Hall–Kier alpha value is -2.60. The molecule has 0 radical (unpaired) electrons. The van der Waals surface area contributed by atoms with Crippen LogP contribution in [0.1, 0.15) is 18.6 Å². The van der Waals surface area contributed by atoms with E-state index in [2.05, 4.69) is 10.2 Å². The summed E-state index contributed by atoms with van der Waals surface area (Å²) in [6, 6.07) is 9.40. The van der Waals surface area contributed by atoms with Crippen molar-refractivity contribution in [2.24, 2.45) is 0 Å². The molecule has 0 unspecified atom stereocenters. The molecular weight excluding hydrogens is 322 g/mol. The molecule has 0 spiro atoms. The van der Waals surface area contributed by atoms with Crippen LogP contribution in [0, 0.1) is 0 Å². The van der Waals surface area contributed by atoms with Gasteiger partial charge in [-0.1, -0.05) is 11.3 Å². The summed E-state index contributed by atoms with van der Waals surface area (Å²) in [7, 11) is 0. The highest BCUT2D eigenvalue weighted by Gasteiger charge is 2.16. The predicted molar refractivity (Wildman–Crippen MR) is 97.4 cm³/mol. The van der Waals surface area contributed by atoms with Gasteiger partial charge in [0, 0.05) is 24.9 Å². The SMILES string of the molecule is O=C(/C=C/c1ccco1)Nc1ccc2nc(N3CCCC3)sc2c1. The summed E-state index contributed by atoms with van der Waals surface area (Å²) in [6.07, 6.45) is 7.16. The summed E-state index contributed by atoms with van der Waals surface area (Å²) in [6.45, 7) is 2.17. The van der Waals surface area contributed by atoms with Gasteiger partial charge in [0.05, 0.1) is 16.5 Å². The highest BCUT2D eigenvalue weighted by atomic mass is 32.1. The highest BCUT2D eigenvalue weighted by molar-refractivity contribution is 7.22. The zero-order valence-corrected chi connectivity index (χ0v) is 13.9. The van der Waals surface area contributed by atoms with Gasteiger partial charge in [0.15, 0.2) is 5.13 Å². The Balaban J connectivity index is 1.49. The molecule has 122 valence electrons. The molecule has 0 atom stereocenters. The Morgan fingerprint density at radius 2 is 2.17 bits per heavy atom. The fraction of sp³-hybridized carbons (Fsp3) is 0.222. The second-order valence-electron chi connectivity index (χ2n) is 5.71. The number of aromatic nitrogens is 1. The summed E-state index contributed by atoms with van der Waals surface area (Å²) >= 11 is 1.68. The number of nitrogens with zero attached hydrogens (tertiary/aromatic N) is 2. The van der Waals surface area contributed by atoms with Crippen LogP contribution in [0.4, 0.5) is 10.8 Å². The number of nitrogens with one attached hydrogen (secondary N) is 1. The average Bonchev–Trinajstić information content (AvgIpc) is 3.32. The molecule has 0 aliphatic carbocycles. The van der Waals surface area contributed by atoms with Gasteiger partial charge in [0.2, 0.25) is 5.91 Å². The van der Waals surface area contributed by atoms with Gasteiger partial charge in [-0.25, -0.2) is 4.98 Å². The topological polar surface area (TPSA) is 58.4 Å². The van der Waals surface area contributed by atoms with Crippen molar-refractivity contribution in [3.05, 3.63) is 48.4 Å². The molecule has 5 nitrogen and oxygen atoms in total. The van der Waals surface area contributed by atoms with Crippen molar-refractivity contribution in [3.8, 4) is 0 Å². The normalized spacial score (nSPS) is 14.8. The molecule has 1 N–H and O–H groups in total. The van der Waals surface area contributed by atoms with E-state index < -0.39 is 0 Å². The van der Waals surface area contributed by atoms with E-state index in [1.165, 1.54) is 18.9 Å². The van der Waals surface area contributed by atoms with Gasteiger partial charge in [-0.3, -0.25) is 4.79 Å². The molecule has 0 saturated carbocycles. The molecule has 1 amide bonds. The molecule has 0 bridgehead atoms. The standard InChI is InChI=1S/C18H17N3O2S/c22-17(8-6-14-4-3-11-23-14)19-13-5-7-15-16(12-13)24-18(20-15)21-9-1-2-10-21/h3-8,11-12H,1-2,9-10H2,(H,19,22)/b8-6+. The second kappa shape index (κ2) is 6.49. The first-order valence-corrected chi connectivity index (χ1v) is 8.78. The summed E-state index contributed by atoms with van der Waals surface area (Å²) in [5.74, 6) is 0.466. The number of thiazole rings is 1. The molecule has 1 aromatic carbocycles. The van der Waals surface area contributed by atoms with Crippen molar-refractivity contribution in [1.29, 1.82) is 0 Å². The molecule has 1 aliphatic heterocycles. The minimum absolute atomic E-state index is 0.185. The number of benzene rings is 1. The fourth-order valence-electron chi connectivity index (χ4n) is 2.76. The third-order valence-electron chi connectivity index (χ3n) is 3.96. The first-order chi connectivity index (χ1) is 11.8. The van der Waals surface area contributed by atoms with Gasteiger partial charge in [0.25, 0.3) is 0 Å². The molecule has 24 heavy (non-hydrogen) atoms. The molecule has 1 saturated heterocycles. The zero-order chi connectivity index (χ0) is 16.4. The van der Waals surface area contributed by atoms with Crippen LogP contribution >= 0.6 is 11.3 Å². The molecule has 1 aliphatic rings. The number of furan rings is 1. The molecule has 6 heteroatoms. The van der Waals surface area contributed by atoms with Crippen molar-refractivity contribution in [2.75, 3.05) is 23.3 Å². The molecule has 1 fully saturated rings. The van der Waals surface area contributed by atoms with E-state index in [0.717, 1.165) is 34.1 Å². The van der Waals surface area contributed by atoms with E-state index in [1.54, 1.807) is 35.8 Å². The van der Waals surface area contributed by atoms with Crippen LogP contribution in [0.15, 0.2) is 47.1 Å². The number of hydrogen-bond acceptors (Lipinski definition) is 5. The van der Waals surface area contributed by atoms with Gasteiger partial charge < -0.3 is 14.6 Å². The lowest BCUT2D eigenvalue weighted by Crippen LogP contribution is -2.16. The minimum Gasteiger partial charge on any atom is -0.465 e. The second-order valence-corrected chi connectivity index (χ2v) is 6.72. The summed E-state index contributed by atoms with van der Waals surface area (Å²) < 4.78 is 6.25. The van der Waals surface area contributed by atoms with Gasteiger partial charge in [-0.2, -0.15) is 0 Å². The van der Waals surface area contributed by atoms with Gasteiger partial charge in [-0.05, 0) is 49.2 Å². The number of carbonyl (C=O) groups is 1. The third-order valence-corrected chi connectivity index (χ3v) is 5.04. The van der Waals surface area contributed by atoms with Gasteiger partial charge in [0.1, 0.15) is 5.76 Å². The molecule has 3 aromatic rings. The van der Waals surface area contributed by atoms with Crippen molar-refractivity contribution in [2.45, 2.75) is 12.8 Å². The van der Waals surface area contributed by atoms with Gasteiger partial charge >= 0.3 is 0 Å². The molecule has 3 heterocycles. The lowest BCUT2D eigenvalue weighted by Gasteiger charge is -2.11. The zero-order valence-electron chi connectivity index (χ0n) is 13.1. The first-order valence-electron chi connectivity index (χ1n) is 7.96. The van der Waals surface area contributed by atoms with Crippen LogP contribution in [0.3, 0.4) is 0 Å². The highest BCUT2D eigenvalue weighted by Crippen LogP contribution is 2.32. The Morgan fingerprint density at radius 3 is 2.96 bits per heavy atom. The van der Waals surface area contributed by atoms with Crippen LogP contribution in [-0.4, -0.2) is 24.0 Å². The predicted octanol–water partition coefficient (Wildman–Crippen LogP) is 4.14. The molecule has 2 aromatic heterocycles. The summed E-state index contributed by atoms with van der Waals surface area (Å²) in [4.78, 5) is 19.0. The van der Waals surface area contributed by atoms with Crippen LogP contribution in [0.5, 0.6) is 0 Å². The summed E-state index contributed by atoms with van der Waals surface area (Å²) in [5.41, 5.74) is 1.75. The number of fused-ring (bicyclic) bond motifs is 1. The quantitative estimate of drug-likeness (QED) is 0.726. The minimum atomic E-state index is -0.185. The smallest absolute Gasteiger partial charge is 0.248 e. The molecular formula is C18H17N3O2S. The van der Waals surface area contributed by atoms with Crippen molar-refractivity contribution in [1.82, 2.24) is 4.98 Å². The Kier molecular flexibility index (Phi) is 4.04. The van der Waals surface area contributed by atoms with E-state index in [1.807, 2.05) is 18.2 Å². The van der Waals surface area contributed by atoms with E-state index in [0.29, 0.717) is 5.76 Å². The monoisotopic (exact) mass is 339 g/mol. The van der Waals surface area contributed by atoms with Crippen molar-refractivity contribution in [3.63, 3.8) is 0 Å². The first kappa shape index (κ1) is 15.0. The maximum Gasteiger partial charge on any atom is 0.248 e. The van der Waals surface area contributed by atoms with Gasteiger partial charge in [-0.15, -0.1) is 0 Å². The maximum absolute atomic E-state index is 12.0. The van der Waals surface area contributed by atoms with Crippen LogP contribution in [0.25, 0.3) is 16.3 Å². The largest absolute Gasteiger partial charge is 0.465 e.